The Morgan fingerprint density at radius 3 is 2.74 bits per heavy atom. The van der Waals surface area contributed by atoms with E-state index in [1.165, 1.54) is 11.9 Å². The lowest BCUT2D eigenvalue weighted by Gasteiger charge is -2.50. The van der Waals surface area contributed by atoms with Crippen LogP contribution in [-0.4, -0.2) is 25.5 Å². The number of nitrogens with zero attached hydrogens (tertiary/aromatic N) is 3. The summed E-state index contributed by atoms with van der Waals surface area (Å²) < 4.78 is 1.69. The zero-order valence-corrected chi connectivity index (χ0v) is 11.5. The van der Waals surface area contributed by atoms with Crippen molar-refractivity contribution in [1.29, 1.82) is 0 Å². The number of benzene rings is 1. The fraction of sp³-hybridized carbons (Fsp3) is 0.429. The van der Waals surface area contributed by atoms with Crippen molar-refractivity contribution < 1.29 is 5.11 Å². The quantitative estimate of drug-likeness (QED) is 0.938. The topological polar surface area (TPSA) is 50.9 Å². The van der Waals surface area contributed by atoms with E-state index in [4.69, 9.17) is 11.6 Å². The summed E-state index contributed by atoms with van der Waals surface area (Å²) in [5, 5.41) is 15.4. The van der Waals surface area contributed by atoms with E-state index in [9.17, 15) is 5.11 Å². The second-order valence-corrected chi connectivity index (χ2v) is 5.78. The number of hydrogen-bond acceptors (Lipinski definition) is 3. The summed E-state index contributed by atoms with van der Waals surface area (Å²) in [6, 6.07) is 7.88. The van der Waals surface area contributed by atoms with Crippen LogP contribution in [-0.2, 0) is 6.54 Å². The van der Waals surface area contributed by atoms with Crippen LogP contribution in [0.2, 0.25) is 5.02 Å². The van der Waals surface area contributed by atoms with Gasteiger partial charge in [-0.2, -0.15) is 5.10 Å². The van der Waals surface area contributed by atoms with Crippen LogP contribution in [0, 0.1) is 5.92 Å². The lowest BCUT2D eigenvalue weighted by molar-refractivity contribution is -0.117. The van der Waals surface area contributed by atoms with Gasteiger partial charge in [0.2, 0.25) is 0 Å². The van der Waals surface area contributed by atoms with Crippen LogP contribution >= 0.6 is 11.6 Å². The molecule has 0 aliphatic heterocycles. The molecule has 0 radical (unpaired) electrons. The van der Waals surface area contributed by atoms with Crippen LogP contribution in [0.4, 0.5) is 0 Å². The van der Waals surface area contributed by atoms with Gasteiger partial charge in [0.1, 0.15) is 12.7 Å². The van der Waals surface area contributed by atoms with Crippen molar-refractivity contribution in [3.05, 3.63) is 47.5 Å². The van der Waals surface area contributed by atoms with Crippen LogP contribution in [0.5, 0.6) is 0 Å². The van der Waals surface area contributed by atoms with Crippen LogP contribution < -0.4 is 0 Å². The second-order valence-electron chi connectivity index (χ2n) is 5.35. The van der Waals surface area contributed by atoms with Gasteiger partial charge in [0.05, 0.1) is 12.1 Å². The van der Waals surface area contributed by atoms with Gasteiger partial charge in [-0.05, 0) is 36.0 Å². The Morgan fingerprint density at radius 1 is 1.42 bits per heavy atom. The first-order chi connectivity index (χ1) is 9.08. The highest BCUT2D eigenvalue weighted by atomic mass is 35.5. The van der Waals surface area contributed by atoms with Crippen molar-refractivity contribution in [2.24, 2.45) is 5.92 Å². The van der Waals surface area contributed by atoms with E-state index in [0.717, 1.165) is 11.4 Å². The van der Waals surface area contributed by atoms with Gasteiger partial charge in [-0.15, -0.1) is 0 Å². The molecule has 1 aliphatic rings. The molecule has 1 aliphatic carbocycles. The zero-order valence-electron chi connectivity index (χ0n) is 10.7. The SMILES string of the molecule is CC1C(c2ccc(Cl)cc2)CC1(O)Cn1cncn1. The van der Waals surface area contributed by atoms with Gasteiger partial charge in [0, 0.05) is 5.02 Å². The Kier molecular flexibility index (Phi) is 3.07. The minimum atomic E-state index is -0.696. The van der Waals surface area contributed by atoms with Gasteiger partial charge in [0.25, 0.3) is 0 Å². The Labute approximate surface area is 117 Å². The minimum Gasteiger partial charge on any atom is -0.388 e. The third-order valence-electron chi connectivity index (χ3n) is 4.23. The molecule has 3 unspecified atom stereocenters. The van der Waals surface area contributed by atoms with Crippen molar-refractivity contribution in [3.63, 3.8) is 0 Å². The third-order valence-corrected chi connectivity index (χ3v) is 4.48. The molecule has 100 valence electrons. The average Bonchev–Trinajstić information content (AvgIpc) is 2.90. The predicted octanol–water partition coefficient (Wildman–Crippen LogP) is 2.49. The maximum atomic E-state index is 10.6. The number of rotatable bonds is 3. The first-order valence-electron chi connectivity index (χ1n) is 6.39. The third kappa shape index (κ3) is 2.26. The van der Waals surface area contributed by atoms with Gasteiger partial charge in [-0.3, -0.25) is 4.68 Å². The van der Waals surface area contributed by atoms with Gasteiger partial charge in [-0.25, -0.2) is 4.98 Å². The summed E-state index contributed by atoms with van der Waals surface area (Å²) in [4.78, 5) is 3.90. The summed E-state index contributed by atoms with van der Waals surface area (Å²) in [6.07, 6.45) is 3.87. The molecule has 0 saturated heterocycles. The van der Waals surface area contributed by atoms with E-state index in [0.29, 0.717) is 12.5 Å². The predicted molar refractivity (Wildman–Crippen MR) is 72.9 cm³/mol. The molecule has 1 N–H and O–H groups in total. The summed E-state index contributed by atoms with van der Waals surface area (Å²) in [6.45, 7) is 2.58. The number of hydrogen-bond donors (Lipinski definition) is 1. The fourth-order valence-corrected chi connectivity index (χ4v) is 3.00. The van der Waals surface area contributed by atoms with Crippen LogP contribution in [0.15, 0.2) is 36.9 Å². The molecule has 5 heteroatoms. The Balaban J connectivity index is 1.72. The first-order valence-corrected chi connectivity index (χ1v) is 6.76. The molecule has 2 aromatic rings. The maximum Gasteiger partial charge on any atom is 0.137 e. The number of halogens is 1. The second kappa shape index (κ2) is 4.62. The van der Waals surface area contributed by atoms with E-state index >= 15 is 0 Å². The average molecular weight is 278 g/mol. The molecule has 3 rings (SSSR count). The van der Waals surface area contributed by atoms with Gasteiger partial charge < -0.3 is 5.11 Å². The van der Waals surface area contributed by atoms with Gasteiger partial charge in [0.15, 0.2) is 0 Å². The molecule has 1 saturated carbocycles. The molecule has 1 heterocycles. The molecule has 1 fully saturated rings. The minimum absolute atomic E-state index is 0.192. The van der Waals surface area contributed by atoms with E-state index in [2.05, 4.69) is 17.0 Å². The van der Waals surface area contributed by atoms with Crippen molar-refractivity contribution in [2.75, 3.05) is 0 Å². The van der Waals surface area contributed by atoms with Crippen LogP contribution in [0.3, 0.4) is 0 Å². The van der Waals surface area contributed by atoms with Gasteiger partial charge >= 0.3 is 0 Å². The molecular formula is C14H16ClN3O. The first kappa shape index (κ1) is 12.6. The lowest BCUT2D eigenvalue weighted by Crippen LogP contribution is -2.54. The van der Waals surface area contributed by atoms with E-state index in [-0.39, 0.29) is 5.92 Å². The van der Waals surface area contributed by atoms with E-state index < -0.39 is 5.60 Å². The molecule has 3 atom stereocenters. The monoisotopic (exact) mass is 277 g/mol. The molecule has 0 bridgehead atoms. The lowest BCUT2D eigenvalue weighted by atomic mass is 9.60. The highest BCUT2D eigenvalue weighted by Gasteiger charge is 2.50. The standard InChI is InChI=1S/C14H16ClN3O/c1-10-13(11-2-4-12(15)5-3-11)6-14(10,19)7-18-9-16-8-17-18/h2-5,8-10,13,19H,6-7H2,1H3. The van der Waals surface area contributed by atoms with Gasteiger partial charge in [-0.1, -0.05) is 30.7 Å². The molecular weight excluding hydrogens is 262 g/mol. The van der Waals surface area contributed by atoms with Crippen molar-refractivity contribution in [1.82, 2.24) is 14.8 Å². The number of aliphatic hydroxyl groups is 1. The largest absolute Gasteiger partial charge is 0.388 e. The normalized spacial score (nSPS) is 30.1. The molecule has 19 heavy (non-hydrogen) atoms. The zero-order chi connectivity index (χ0) is 13.5. The van der Waals surface area contributed by atoms with Crippen molar-refractivity contribution in [3.8, 4) is 0 Å². The summed E-state index contributed by atoms with van der Waals surface area (Å²) >= 11 is 5.90. The fourth-order valence-electron chi connectivity index (χ4n) is 2.88. The van der Waals surface area contributed by atoms with Crippen molar-refractivity contribution >= 4 is 11.6 Å². The Bertz CT molecular complexity index is 555. The van der Waals surface area contributed by atoms with E-state index in [1.54, 1.807) is 11.0 Å². The van der Waals surface area contributed by atoms with Crippen LogP contribution in [0.25, 0.3) is 0 Å². The highest BCUT2D eigenvalue weighted by molar-refractivity contribution is 6.30. The smallest absolute Gasteiger partial charge is 0.137 e. The Morgan fingerprint density at radius 2 is 2.16 bits per heavy atom. The summed E-state index contributed by atoms with van der Waals surface area (Å²) in [5.41, 5.74) is 0.540. The van der Waals surface area contributed by atoms with Crippen LogP contribution in [0.1, 0.15) is 24.8 Å². The maximum absolute atomic E-state index is 10.6. The summed E-state index contributed by atoms with van der Waals surface area (Å²) in [7, 11) is 0. The molecule has 1 aromatic heterocycles. The van der Waals surface area contributed by atoms with Crippen molar-refractivity contribution in [2.45, 2.75) is 31.4 Å². The molecule has 4 nitrogen and oxygen atoms in total. The highest BCUT2D eigenvalue weighted by Crippen LogP contribution is 2.50. The molecule has 0 amide bonds. The molecule has 1 aromatic carbocycles. The van der Waals surface area contributed by atoms with E-state index in [1.807, 2.05) is 24.3 Å². The number of aromatic nitrogens is 3. The summed E-state index contributed by atoms with van der Waals surface area (Å²) in [5.74, 6) is 0.573. The molecule has 0 spiro atoms. The Hall–Kier alpha value is -1.39.